The molecular formula is C17H13BrN2O4S. The molecule has 2 aromatic heterocycles. The third kappa shape index (κ3) is 3.49. The summed E-state index contributed by atoms with van der Waals surface area (Å²) in [4.78, 5) is 28.7. The van der Waals surface area contributed by atoms with E-state index in [0.29, 0.717) is 21.6 Å². The minimum atomic E-state index is -0.483. The number of amides is 1. The van der Waals surface area contributed by atoms with Gasteiger partial charge in [-0.25, -0.2) is 4.79 Å². The number of fused-ring (bicyclic) bond motifs is 1. The monoisotopic (exact) mass is 420 g/mol. The molecule has 128 valence electrons. The zero-order chi connectivity index (χ0) is 18.0. The Morgan fingerprint density at radius 3 is 2.84 bits per heavy atom. The van der Waals surface area contributed by atoms with E-state index in [1.165, 1.54) is 18.4 Å². The molecule has 0 atom stereocenters. The largest absolute Gasteiger partial charge is 0.465 e. The molecule has 0 N–H and O–H groups in total. The summed E-state index contributed by atoms with van der Waals surface area (Å²) in [6.45, 7) is 4.22. The lowest BCUT2D eigenvalue weighted by atomic mass is 10.2. The molecule has 0 saturated heterocycles. The van der Waals surface area contributed by atoms with Gasteiger partial charge < -0.3 is 13.7 Å². The van der Waals surface area contributed by atoms with Crippen molar-refractivity contribution in [1.29, 1.82) is 0 Å². The average Bonchev–Trinajstić information content (AvgIpc) is 3.18. The highest BCUT2D eigenvalue weighted by atomic mass is 79.9. The lowest BCUT2D eigenvalue weighted by Crippen LogP contribution is -2.16. The number of carbonyl (C=O) groups is 2. The third-order valence-electron chi connectivity index (χ3n) is 3.40. The van der Waals surface area contributed by atoms with Crippen LogP contribution in [0.1, 0.15) is 20.9 Å². The number of allylic oxidation sites excluding steroid dienone is 1. The molecule has 1 aromatic carbocycles. The molecule has 0 aliphatic rings. The van der Waals surface area contributed by atoms with Crippen molar-refractivity contribution in [1.82, 2.24) is 4.57 Å². The van der Waals surface area contributed by atoms with E-state index in [-0.39, 0.29) is 5.76 Å². The van der Waals surface area contributed by atoms with Crippen molar-refractivity contribution in [3.63, 3.8) is 0 Å². The maximum atomic E-state index is 12.3. The fourth-order valence-corrected chi connectivity index (χ4v) is 3.66. The molecule has 0 fully saturated rings. The molecule has 0 aliphatic carbocycles. The van der Waals surface area contributed by atoms with Gasteiger partial charge in [-0.05, 0) is 46.3 Å². The van der Waals surface area contributed by atoms with Crippen molar-refractivity contribution in [2.24, 2.45) is 4.99 Å². The van der Waals surface area contributed by atoms with E-state index >= 15 is 0 Å². The van der Waals surface area contributed by atoms with E-state index in [0.717, 1.165) is 10.2 Å². The number of carbonyl (C=O) groups excluding carboxylic acids is 2. The number of ether oxygens (including phenoxy) is 1. The van der Waals surface area contributed by atoms with Crippen molar-refractivity contribution >= 4 is 49.4 Å². The number of hydrogen-bond acceptors (Lipinski definition) is 5. The Morgan fingerprint density at radius 1 is 1.40 bits per heavy atom. The van der Waals surface area contributed by atoms with Gasteiger partial charge in [-0.1, -0.05) is 17.4 Å². The van der Waals surface area contributed by atoms with Crippen LogP contribution >= 0.6 is 27.3 Å². The number of furan rings is 1. The zero-order valence-electron chi connectivity index (χ0n) is 13.2. The summed E-state index contributed by atoms with van der Waals surface area (Å²) in [6, 6.07) is 8.38. The van der Waals surface area contributed by atoms with Crippen LogP contribution in [0.4, 0.5) is 0 Å². The smallest absolute Gasteiger partial charge is 0.337 e. The van der Waals surface area contributed by atoms with Gasteiger partial charge in [-0.3, -0.25) is 4.79 Å². The highest BCUT2D eigenvalue weighted by Crippen LogP contribution is 2.20. The predicted molar refractivity (Wildman–Crippen MR) is 97.7 cm³/mol. The summed E-state index contributed by atoms with van der Waals surface area (Å²) in [7, 11) is 1.33. The maximum Gasteiger partial charge on any atom is 0.337 e. The third-order valence-corrected chi connectivity index (χ3v) is 4.86. The summed E-state index contributed by atoms with van der Waals surface area (Å²) in [5, 5.41) is 0. The number of thiazole rings is 1. The average molecular weight is 421 g/mol. The second-order valence-electron chi connectivity index (χ2n) is 4.98. The van der Waals surface area contributed by atoms with E-state index in [1.54, 1.807) is 36.4 Å². The Balaban J connectivity index is 2.14. The van der Waals surface area contributed by atoms with Crippen molar-refractivity contribution in [3.05, 3.63) is 63.8 Å². The lowest BCUT2D eigenvalue weighted by Gasteiger charge is -2.02. The number of nitrogens with zero attached hydrogens (tertiary/aromatic N) is 2. The molecule has 6 nitrogen and oxygen atoms in total. The van der Waals surface area contributed by atoms with Crippen LogP contribution in [0, 0.1) is 0 Å². The number of methoxy groups -OCH3 is 1. The molecule has 0 saturated carbocycles. The summed E-state index contributed by atoms with van der Waals surface area (Å²) in [5.41, 5.74) is 1.29. The van der Waals surface area contributed by atoms with Crippen molar-refractivity contribution in [2.45, 2.75) is 6.54 Å². The molecule has 8 heteroatoms. The maximum absolute atomic E-state index is 12.3. The van der Waals surface area contributed by atoms with Crippen LogP contribution in [0.2, 0.25) is 0 Å². The van der Waals surface area contributed by atoms with Crippen LogP contribution in [0.3, 0.4) is 0 Å². The summed E-state index contributed by atoms with van der Waals surface area (Å²) < 4.78 is 13.1. The number of hydrogen-bond donors (Lipinski definition) is 0. The van der Waals surface area contributed by atoms with Gasteiger partial charge in [0.2, 0.25) is 0 Å². The summed E-state index contributed by atoms with van der Waals surface area (Å²) >= 11 is 4.46. The number of aromatic nitrogens is 1. The molecule has 0 unspecified atom stereocenters. The van der Waals surface area contributed by atoms with Gasteiger partial charge in [0.05, 0.1) is 22.9 Å². The first kappa shape index (κ1) is 17.4. The fraction of sp³-hybridized carbons (Fsp3) is 0.118. The van der Waals surface area contributed by atoms with Crippen molar-refractivity contribution < 1.29 is 18.7 Å². The Morgan fingerprint density at radius 2 is 2.20 bits per heavy atom. The second-order valence-corrected chi connectivity index (χ2v) is 6.77. The van der Waals surface area contributed by atoms with E-state index < -0.39 is 11.9 Å². The van der Waals surface area contributed by atoms with Gasteiger partial charge in [0.15, 0.2) is 15.2 Å². The Kier molecular flexibility index (Phi) is 5.00. The molecule has 0 aliphatic heterocycles. The Hall–Kier alpha value is -2.45. The summed E-state index contributed by atoms with van der Waals surface area (Å²) in [5.74, 6) is -0.756. The molecule has 25 heavy (non-hydrogen) atoms. The van der Waals surface area contributed by atoms with Crippen LogP contribution in [0.25, 0.3) is 10.2 Å². The lowest BCUT2D eigenvalue weighted by molar-refractivity contribution is 0.0601. The minimum absolute atomic E-state index is 0.143. The molecule has 0 spiro atoms. The van der Waals surface area contributed by atoms with Gasteiger partial charge in [0, 0.05) is 6.54 Å². The van der Waals surface area contributed by atoms with Crippen LogP contribution in [-0.4, -0.2) is 23.6 Å². The number of benzene rings is 1. The van der Waals surface area contributed by atoms with Crippen molar-refractivity contribution in [3.8, 4) is 0 Å². The van der Waals surface area contributed by atoms with E-state index in [4.69, 9.17) is 9.15 Å². The first-order valence-electron chi connectivity index (χ1n) is 7.20. The standard InChI is InChI=1S/C17H13BrN2O4S/c1-3-8-20-11-5-4-10(16(22)23-2)9-13(11)25-17(20)19-15(21)12-6-7-14(18)24-12/h3-7,9H,1,8H2,2H3. The van der Waals surface area contributed by atoms with Crippen LogP contribution in [0.15, 0.2) is 57.1 Å². The van der Waals surface area contributed by atoms with Gasteiger partial charge in [-0.15, -0.1) is 6.58 Å². The SMILES string of the molecule is C=CCn1c(=NC(=O)c2ccc(Br)o2)sc2cc(C(=O)OC)ccc21. The minimum Gasteiger partial charge on any atom is -0.465 e. The van der Waals surface area contributed by atoms with Crippen molar-refractivity contribution in [2.75, 3.05) is 7.11 Å². The zero-order valence-corrected chi connectivity index (χ0v) is 15.6. The highest BCUT2D eigenvalue weighted by Gasteiger charge is 2.13. The fourth-order valence-electron chi connectivity index (χ4n) is 2.28. The van der Waals surface area contributed by atoms with E-state index in [2.05, 4.69) is 27.5 Å². The molecule has 0 radical (unpaired) electrons. The molecule has 2 heterocycles. The molecular weight excluding hydrogens is 408 g/mol. The van der Waals surface area contributed by atoms with Crippen LogP contribution < -0.4 is 4.80 Å². The topological polar surface area (TPSA) is 73.8 Å². The molecule has 3 rings (SSSR count). The second kappa shape index (κ2) is 7.20. The number of rotatable bonds is 4. The molecule has 3 aromatic rings. The van der Waals surface area contributed by atoms with E-state index in [9.17, 15) is 9.59 Å². The number of halogens is 1. The normalized spacial score (nSPS) is 11.7. The van der Waals surface area contributed by atoms with Crippen LogP contribution in [0.5, 0.6) is 0 Å². The van der Waals surface area contributed by atoms with Crippen LogP contribution in [-0.2, 0) is 11.3 Å². The van der Waals surface area contributed by atoms with Gasteiger partial charge >= 0.3 is 11.9 Å². The first-order chi connectivity index (χ1) is 12.0. The van der Waals surface area contributed by atoms with Gasteiger partial charge in [-0.2, -0.15) is 4.99 Å². The molecule has 0 bridgehead atoms. The highest BCUT2D eigenvalue weighted by molar-refractivity contribution is 9.10. The summed E-state index contributed by atoms with van der Waals surface area (Å²) in [6.07, 6.45) is 1.72. The van der Waals surface area contributed by atoms with E-state index in [1.807, 2.05) is 4.57 Å². The predicted octanol–water partition coefficient (Wildman–Crippen LogP) is 3.77. The Bertz CT molecular complexity index is 1040. The first-order valence-corrected chi connectivity index (χ1v) is 8.81. The van der Waals surface area contributed by atoms with Gasteiger partial charge in [0.1, 0.15) is 0 Å². The quantitative estimate of drug-likeness (QED) is 0.475. The van der Waals surface area contributed by atoms with Gasteiger partial charge in [0.25, 0.3) is 0 Å². The Labute approximate surface area is 155 Å². The number of esters is 1. The molecule has 1 amide bonds.